The van der Waals surface area contributed by atoms with Gasteiger partial charge in [0.25, 0.3) is 5.69 Å². The maximum absolute atomic E-state index is 12.2. The number of ether oxygens (including phenoxy) is 1. The molecule has 0 amide bonds. The third-order valence-corrected chi connectivity index (χ3v) is 4.16. The molecule has 1 atom stereocenters. The number of carbonyl (C=O) groups is 1. The van der Waals surface area contributed by atoms with Crippen LogP contribution in [0.3, 0.4) is 0 Å². The Morgan fingerprint density at radius 2 is 1.89 bits per heavy atom. The van der Waals surface area contributed by atoms with E-state index in [1.807, 2.05) is 30.3 Å². The third kappa shape index (κ3) is 4.04. The Morgan fingerprint density at radius 1 is 1.21 bits per heavy atom. The predicted octanol–water partition coefficient (Wildman–Crippen LogP) is 3.17. The molecule has 1 aliphatic heterocycles. The second-order valence-corrected chi connectivity index (χ2v) is 5.94. The summed E-state index contributed by atoms with van der Waals surface area (Å²) in [4.78, 5) is 27.5. The fourth-order valence-electron chi connectivity index (χ4n) is 2.76. The highest BCUT2D eigenvalue weighted by molar-refractivity contribution is 6.03. The molecule has 0 fully saturated rings. The van der Waals surface area contributed by atoms with Gasteiger partial charge in [-0.3, -0.25) is 10.1 Å². The molecule has 3 rings (SSSR count). The summed E-state index contributed by atoms with van der Waals surface area (Å²) in [6.45, 7) is 1.61. The van der Waals surface area contributed by atoms with E-state index in [0.29, 0.717) is 6.42 Å². The van der Waals surface area contributed by atoms with E-state index >= 15 is 0 Å². The van der Waals surface area contributed by atoms with E-state index in [-0.39, 0.29) is 17.1 Å². The Morgan fingerprint density at radius 3 is 2.57 bits per heavy atom. The lowest BCUT2D eigenvalue weighted by Gasteiger charge is -2.20. The lowest BCUT2D eigenvalue weighted by atomic mass is 10.1. The highest BCUT2D eigenvalue weighted by Gasteiger charge is 2.29. The smallest absolute Gasteiger partial charge is 0.359 e. The van der Waals surface area contributed by atoms with Gasteiger partial charge in [0.1, 0.15) is 5.56 Å². The topological polar surface area (TPSA) is 107 Å². The predicted molar refractivity (Wildman–Crippen MR) is 102 cm³/mol. The number of rotatable bonds is 5. The Bertz CT molecular complexity index is 942. The lowest BCUT2D eigenvalue weighted by molar-refractivity contribution is -0.385. The first-order valence-corrected chi connectivity index (χ1v) is 8.45. The van der Waals surface area contributed by atoms with Crippen molar-refractivity contribution in [1.29, 1.82) is 0 Å². The van der Waals surface area contributed by atoms with Crippen LogP contribution in [0.1, 0.15) is 29.3 Å². The van der Waals surface area contributed by atoms with E-state index in [0.717, 1.165) is 11.3 Å². The molecular weight excluding hydrogens is 364 g/mol. The summed E-state index contributed by atoms with van der Waals surface area (Å²) in [6, 6.07) is 15.1. The molecule has 0 spiro atoms. The van der Waals surface area contributed by atoms with Crippen molar-refractivity contribution >= 4 is 23.2 Å². The standard InChI is InChI=1S/C19H18N4O5/c1-13(21-28-19(24)15-10-6-7-11-17(15)23(25)26)22-18(27-2)12-16(20-22)14-8-4-3-5-9-14/h3-11,18H,12H2,1-2H3/b21-13-. The van der Waals surface area contributed by atoms with Gasteiger partial charge in [-0.1, -0.05) is 47.6 Å². The van der Waals surface area contributed by atoms with Gasteiger partial charge in [-0.25, -0.2) is 9.80 Å². The summed E-state index contributed by atoms with van der Waals surface area (Å²) >= 11 is 0. The molecule has 2 aromatic rings. The molecule has 2 aromatic carbocycles. The van der Waals surface area contributed by atoms with E-state index in [2.05, 4.69) is 10.3 Å². The van der Waals surface area contributed by atoms with Crippen molar-refractivity contribution in [2.24, 2.45) is 10.3 Å². The number of para-hydroxylation sites is 1. The molecule has 144 valence electrons. The third-order valence-electron chi connectivity index (χ3n) is 4.16. The van der Waals surface area contributed by atoms with E-state index in [1.54, 1.807) is 14.0 Å². The highest BCUT2D eigenvalue weighted by Crippen LogP contribution is 2.22. The van der Waals surface area contributed by atoms with Gasteiger partial charge >= 0.3 is 5.97 Å². The number of benzene rings is 2. The minimum absolute atomic E-state index is 0.178. The number of amidine groups is 1. The number of carbonyl (C=O) groups excluding carboxylic acids is 1. The monoisotopic (exact) mass is 382 g/mol. The average Bonchev–Trinajstić information content (AvgIpc) is 3.17. The van der Waals surface area contributed by atoms with Crippen molar-refractivity contribution in [2.45, 2.75) is 19.6 Å². The van der Waals surface area contributed by atoms with Crippen molar-refractivity contribution < 1.29 is 19.3 Å². The summed E-state index contributed by atoms with van der Waals surface area (Å²) in [5, 5.41) is 20.8. The Kier molecular flexibility index (Phi) is 5.75. The first-order chi connectivity index (χ1) is 13.5. The maximum Gasteiger partial charge on any atom is 0.372 e. The van der Waals surface area contributed by atoms with Crippen LogP contribution in [0.25, 0.3) is 0 Å². The minimum atomic E-state index is -0.924. The van der Waals surface area contributed by atoms with Crippen molar-refractivity contribution in [3.8, 4) is 0 Å². The number of nitrogens with zero attached hydrogens (tertiary/aromatic N) is 4. The number of nitro groups is 1. The van der Waals surface area contributed by atoms with Crippen LogP contribution in [0.2, 0.25) is 0 Å². The van der Waals surface area contributed by atoms with Crippen LogP contribution in [-0.2, 0) is 9.57 Å². The van der Waals surface area contributed by atoms with Crippen LogP contribution in [0.5, 0.6) is 0 Å². The van der Waals surface area contributed by atoms with Crippen LogP contribution in [0, 0.1) is 10.1 Å². The molecule has 0 saturated carbocycles. The zero-order chi connectivity index (χ0) is 20.1. The maximum atomic E-state index is 12.2. The van der Waals surface area contributed by atoms with Gasteiger partial charge in [0.15, 0.2) is 12.1 Å². The zero-order valence-corrected chi connectivity index (χ0v) is 15.3. The summed E-state index contributed by atoms with van der Waals surface area (Å²) in [6.07, 6.45) is 0.134. The molecule has 9 nitrogen and oxygen atoms in total. The number of hydrogen-bond donors (Lipinski definition) is 0. The molecule has 0 radical (unpaired) electrons. The number of hydrazone groups is 1. The molecule has 0 saturated heterocycles. The van der Waals surface area contributed by atoms with E-state index in [1.165, 1.54) is 29.3 Å². The molecule has 1 unspecified atom stereocenters. The second-order valence-electron chi connectivity index (χ2n) is 5.94. The highest BCUT2D eigenvalue weighted by atomic mass is 16.7. The van der Waals surface area contributed by atoms with Crippen LogP contribution < -0.4 is 0 Å². The quantitative estimate of drug-likeness (QED) is 0.258. The Hall–Kier alpha value is -3.59. The molecule has 1 heterocycles. The first-order valence-electron chi connectivity index (χ1n) is 8.45. The van der Waals surface area contributed by atoms with Gasteiger partial charge in [-0.05, 0) is 18.6 Å². The molecule has 0 aromatic heterocycles. The normalized spacial score (nSPS) is 16.6. The lowest BCUT2D eigenvalue weighted by Crippen LogP contribution is -2.32. The molecular formula is C19H18N4O5. The first kappa shape index (κ1) is 19.2. The van der Waals surface area contributed by atoms with Gasteiger partial charge < -0.3 is 9.57 Å². The van der Waals surface area contributed by atoms with Gasteiger partial charge in [0.05, 0.1) is 10.6 Å². The Balaban J connectivity index is 1.78. The molecule has 0 bridgehead atoms. The van der Waals surface area contributed by atoms with Crippen molar-refractivity contribution in [2.75, 3.05) is 7.11 Å². The van der Waals surface area contributed by atoms with Gasteiger partial charge in [-0.2, -0.15) is 5.10 Å². The molecule has 0 N–H and O–H groups in total. The summed E-state index contributed by atoms with van der Waals surface area (Å²) in [5.74, 6) is -0.642. The number of hydrogen-bond acceptors (Lipinski definition) is 7. The Labute approximate surface area is 161 Å². The number of nitro benzene ring substituents is 1. The summed E-state index contributed by atoms with van der Waals surface area (Å²) in [7, 11) is 1.55. The zero-order valence-electron chi connectivity index (χ0n) is 15.3. The summed E-state index contributed by atoms with van der Waals surface area (Å²) < 4.78 is 5.44. The van der Waals surface area contributed by atoms with E-state index in [4.69, 9.17) is 9.57 Å². The number of methoxy groups -OCH3 is 1. The fraction of sp³-hybridized carbons (Fsp3) is 0.211. The largest absolute Gasteiger partial charge is 0.372 e. The van der Waals surface area contributed by atoms with Crippen LogP contribution >= 0.6 is 0 Å². The van der Waals surface area contributed by atoms with Crippen molar-refractivity contribution in [3.63, 3.8) is 0 Å². The fourth-order valence-corrected chi connectivity index (χ4v) is 2.76. The molecule has 0 aliphatic carbocycles. The van der Waals surface area contributed by atoms with Crippen molar-refractivity contribution in [3.05, 3.63) is 75.8 Å². The minimum Gasteiger partial charge on any atom is -0.359 e. The van der Waals surface area contributed by atoms with Gasteiger partial charge in [0.2, 0.25) is 0 Å². The SMILES string of the molecule is COC1CC(c2ccccc2)=NN1/C(C)=N\OC(=O)c1ccccc1[N+](=O)[O-]. The van der Waals surface area contributed by atoms with E-state index < -0.39 is 17.1 Å². The molecule has 28 heavy (non-hydrogen) atoms. The van der Waals surface area contributed by atoms with Crippen LogP contribution in [-0.4, -0.2) is 40.8 Å². The average molecular weight is 382 g/mol. The summed E-state index contributed by atoms with van der Waals surface area (Å²) in [5.41, 5.74) is 1.24. The van der Waals surface area contributed by atoms with E-state index in [9.17, 15) is 14.9 Å². The van der Waals surface area contributed by atoms with Crippen molar-refractivity contribution in [1.82, 2.24) is 5.01 Å². The van der Waals surface area contributed by atoms with Gasteiger partial charge in [-0.15, -0.1) is 0 Å². The molecule has 1 aliphatic rings. The number of oxime groups is 1. The second kappa shape index (κ2) is 8.40. The van der Waals surface area contributed by atoms with Crippen LogP contribution in [0.15, 0.2) is 64.9 Å². The van der Waals surface area contributed by atoms with Gasteiger partial charge in [0, 0.05) is 19.6 Å². The van der Waals surface area contributed by atoms with Crippen LogP contribution in [0.4, 0.5) is 5.69 Å². The molecule has 9 heteroatoms.